The van der Waals surface area contributed by atoms with Gasteiger partial charge in [-0.3, -0.25) is 19.9 Å². The lowest BCUT2D eigenvalue weighted by atomic mass is 9.12. The number of aromatic nitrogens is 2. The molecule has 0 bridgehead atoms. The summed E-state index contributed by atoms with van der Waals surface area (Å²) < 4.78 is 342. The molecular formula is C45H24BF24N3O3. The minimum Gasteiger partial charge on any atom is -0.287 e. The molecule has 0 unspecified atom stereocenters. The van der Waals surface area contributed by atoms with E-state index in [0.29, 0.717) is 11.3 Å². The second kappa shape index (κ2) is 20.6. The van der Waals surface area contributed by atoms with Crippen molar-refractivity contribution in [1.29, 1.82) is 0 Å². The zero-order valence-corrected chi connectivity index (χ0v) is 36.7. The lowest BCUT2D eigenvalue weighted by molar-refractivity contribution is -0.704. The number of nitrogens with zero attached hydrogens (tertiary/aromatic N) is 3. The van der Waals surface area contributed by atoms with Crippen LogP contribution in [0.3, 0.4) is 0 Å². The minimum atomic E-state index is -6.13. The first-order valence-electron chi connectivity index (χ1n) is 20.3. The summed E-state index contributed by atoms with van der Waals surface area (Å²) in [7, 11) is 0. The Morgan fingerprint density at radius 2 is 0.711 bits per heavy atom. The van der Waals surface area contributed by atoms with Gasteiger partial charge >= 0.3 is 49.4 Å². The van der Waals surface area contributed by atoms with E-state index in [1.165, 1.54) is 12.4 Å². The third-order valence-corrected chi connectivity index (χ3v) is 11.1. The van der Waals surface area contributed by atoms with Crippen LogP contribution in [-0.2, 0) is 62.5 Å². The van der Waals surface area contributed by atoms with Crippen molar-refractivity contribution in [2.75, 3.05) is 0 Å². The number of alkyl halides is 24. The minimum absolute atomic E-state index is 0.0652. The van der Waals surface area contributed by atoms with Crippen LogP contribution in [0, 0.1) is 10.1 Å². The summed E-state index contributed by atoms with van der Waals surface area (Å²) in [4.78, 5) is 26.0. The Morgan fingerprint density at radius 3 is 0.947 bits per heavy atom. The van der Waals surface area contributed by atoms with Crippen LogP contribution >= 0.6 is 0 Å². The molecule has 31 heteroatoms. The van der Waals surface area contributed by atoms with Crippen molar-refractivity contribution in [3.8, 4) is 0 Å². The molecule has 0 aliphatic rings. The van der Waals surface area contributed by atoms with Gasteiger partial charge in [-0.15, -0.1) is 0 Å². The van der Waals surface area contributed by atoms with E-state index in [9.17, 15) is 120 Å². The molecule has 0 saturated heterocycles. The molecule has 6 aromatic rings. The number of halogens is 24. The summed E-state index contributed by atoms with van der Waals surface area (Å²) in [6, 6.07) is 0.0169. The molecule has 0 spiro atoms. The SMILES string of the molecule is FC(F)(F)c1cc([B-](c2cc(C(F)(F)F)cc(C(F)(F)F)c2)(c2cc(C(F)(F)F)cc(C(F)(F)F)c2)c2cc(C(F)(F)F)cc(C(F)(F)F)c2)cc(C(F)(F)F)c1.O=C(C[n+]1ccncc1C[N+](=O)[O-])c1ccccc1. The Bertz CT molecular complexity index is 2660. The summed E-state index contributed by atoms with van der Waals surface area (Å²) in [6.45, 7) is -0.286. The van der Waals surface area contributed by atoms with Gasteiger partial charge in [0, 0.05) is 10.5 Å². The van der Waals surface area contributed by atoms with E-state index in [-0.39, 0.29) is 18.9 Å². The highest BCUT2D eigenvalue weighted by molar-refractivity contribution is 7.20. The second-order valence-electron chi connectivity index (χ2n) is 16.2. The lowest BCUT2D eigenvalue weighted by Crippen LogP contribution is -2.75. The predicted octanol–water partition coefficient (Wildman–Crippen LogP) is 12.2. The van der Waals surface area contributed by atoms with E-state index < -0.39 is 200 Å². The van der Waals surface area contributed by atoms with Crippen LogP contribution in [0.15, 0.2) is 122 Å². The number of ketones is 1. The Morgan fingerprint density at radius 1 is 0.447 bits per heavy atom. The number of hydrogen-bond acceptors (Lipinski definition) is 4. The number of carbonyl (C=O) groups excluding carboxylic acids is 1. The normalized spacial score (nSPS) is 13.3. The lowest BCUT2D eigenvalue weighted by Gasteiger charge is -2.46. The van der Waals surface area contributed by atoms with Crippen molar-refractivity contribution >= 4 is 33.8 Å². The maximum absolute atomic E-state index is 14.2. The van der Waals surface area contributed by atoms with Crippen molar-refractivity contribution in [2.24, 2.45) is 0 Å². The molecule has 0 atom stereocenters. The first-order valence-corrected chi connectivity index (χ1v) is 20.3. The number of hydrogen-bond donors (Lipinski definition) is 0. The largest absolute Gasteiger partial charge is 0.416 e. The van der Waals surface area contributed by atoms with E-state index in [2.05, 4.69) is 4.98 Å². The monoisotopic (exact) mass is 1120 g/mol. The van der Waals surface area contributed by atoms with E-state index in [1.54, 1.807) is 35.0 Å². The van der Waals surface area contributed by atoms with Crippen molar-refractivity contribution in [2.45, 2.75) is 62.5 Å². The molecule has 0 aliphatic heterocycles. The van der Waals surface area contributed by atoms with Crippen molar-refractivity contribution in [3.63, 3.8) is 0 Å². The molecule has 408 valence electrons. The highest BCUT2D eigenvalue weighted by Crippen LogP contribution is 2.41. The molecule has 6 nitrogen and oxygen atoms in total. The fourth-order valence-electron chi connectivity index (χ4n) is 7.78. The number of Topliss-reactive ketones (excluding diaryl/α,β-unsaturated/α-hetero) is 1. The summed E-state index contributed by atoms with van der Waals surface area (Å²) in [6.07, 6.45) is -50.3. The molecule has 0 N–H and O–H groups in total. The molecule has 0 saturated carbocycles. The van der Waals surface area contributed by atoms with Gasteiger partial charge in [-0.2, -0.15) is 132 Å². The van der Waals surface area contributed by atoms with Crippen molar-refractivity contribution in [1.82, 2.24) is 4.98 Å². The van der Waals surface area contributed by atoms with Crippen LogP contribution in [0.1, 0.15) is 60.6 Å². The van der Waals surface area contributed by atoms with Crippen molar-refractivity contribution in [3.05, 3.63) is 188 Å². The Balaban J connectivity index is 0.000000468. The molecule has 5 aromatic carbocycles. The maximum atomic E-state index is 14.2. The number of rotatable bonds is 9. The second-order valence-corrected chi connectivity index (χ2v) is 16.2. The van der Waals surface area contributed by atoms with E-state index >= 15 is 0 Å². The average molecular weight is 1120 g/mol. The van der Waals surface area contributed by atoms with Gasteiger partial charge in [0.2, 0.25) is 12.3 Å². The van der Waals surface area contributed by atoms with Crippen LogP contribution in [0.25, 0.3) is 0 Å². The number of nitro groups is 1. The van der Waals surface area contributed by atoms with Gasteiger partial charge in [0.05, 0.1) is 50.7 Å². The summed E-state index contributed by atoms with van der Waals surface area (Å²) in [5, 5.41) is 10.6. The molecule has 0 amide bonds. The van der Waals surface area contributed by atoms with Crippen LogP contribution in [0.4, 0.5) is 105 Å². The van der Waals surface area contributed by atoms with Crippen molar-refractivity contribution < 1.29 is 120 Å². The topological polar surface area (TPSA) is 77.0 Å². The summed E-state index contributed by atoms with van der Waals surface area (Å²) >= 11 is 0. The fraction of sp³-hybridized carbons (Fsp3) is 0.222. The van der Waals surface area contributed by atoms with Gasteiger partial charge in [-0.25, -0.2) is 0 Å². The van der Waals surface area contributed by atoms with E-state index in [0.717, 1.165) is 0 Å². The standard InChI is InChI=1S/C32H12BF24.C13H12N3O3/c34-25(35,36)13-1-14(26(37,38)39)6-21(5-13)33(22-7-15(27(40,41)42)2-16(8-22)28(43,44)45,23-9-17(29(46,47)48)3-18(10-23)30(49,50)51)24-11-19(31(52,53)54)4-20(12-24)32(55,56)57;17-13(11-4-2-1-3-5-11)10-15-7-6-14-8-12(15)9-16(18)19/h1-12H;1-8H,9-10H2/q-1;+1. The molecule has 1 aromatic heterocycles. The zero-order chi connectivity index (χ0) is 57.6. The molecule has 6 rings (SSSR count). The fourth-order valence-corrected chi connectivity index (χ4v) is 7.78. The van der Waals surface area contributed by atoms with Gasteiger partial charge in [0.1, 0.15) is 12.3 Å². The van der Waals surface area contributed by atoms with E-state index in [1.807, 2.05) is 6.07 Å². The van der Waals surface area contributed by atoms with Gasteiger partial charge in [0.15, 0.2) is 6.20 Å². The van der Waals surface area contributed by atoms with Crippen LogP contribution < -0.4 is 26.4 Å². The summed E-state index contributed by atoms with van der Waals surface area (Å²) in [5.41, 5.74) is -29.2. The van der Waals surface area contributed by atoms with Gasteiger partial charge in [-0.05, 0) is 24.3 Å². The third-order valence-electron chi connectivity index (χ3n) is 11.1. The molecule has 0 aliphatic carbocycles. The number of carbonyl (C=O) groups is 1. The highest BCUT2D eigenvalue weighted by Gasteiger charge is 2.47. The van der Waals surface area contributed by atoms with Crippen LogP contribution in [-0.4, -0.2) is 21.8 Å². The molecular weight excluding hydrogens is 1100 g/mol. The van der Waals surface area contributed by atoms with Crippen LogP contribution in [0.5, 0.6) is 0 Å². The Kier molecular flexibility index (Phi) is 16.2. The van der Waals surface area contributed by atoms with Crippen LogP contribution in [0.2, 0.25) is 0 Å². The highest BCUT2D eigenvalue weighted by atomic mass is 19.4. The molecule has 1 heterocycles. The first-order chi connectivity index (χ1) is 34.4. The van der Waals surface area contributed by atoms with Gasteiger partial charge in [-0.1, -0.05) is 78.9 Å². The van der Waals surface area contributed by atoms with E-state index in [4.69, 9.17) is 0 Å². The predicted molar refractivity (Wildman–Crippen MR) is 216 cm³/mol. The molecule has 0 fully saturated rings. The molecule has 0 radical (unpaired) electrons. The van der Waals surface area contributed by atoms with Gasteiger partial charge < -0.3 is 0 Å². The third kappa shape index (κ3) is 13.9. The zero-order valence-electron chi connectivity index (χ0n) is 36.7. The summed E-state index contributed by atoms with van der Waals surface area (Å²) in [5.74, 6) is -0.0959. The molecule has 76 heavy (non-hydrogen) atoms. The average Bonchev–Trinajstić information content (AvgIpc) is 3.27. The smallest absolute Gasteiger partial charge is 0.287 e. The number of benzene rings is 5. The van der Waals surface area contributed by atoms with Gasteiger partial charge in [0.25, 0.3) is 12.2 Å². The maximum Gasteiger partial charge on any atom is 0.416 e. The Labute approximate surface area is 408 Å². The quantitative estimate of drug-likeness (QED) is 0.0361. The Hall–Kier alpha value is -7.37. The first kappa shape index (κ1) is 59.5.